The lowest BCUT2D eigenvalue weighted by molar-refractivity contribution is 0.0600. The van der Waals surface area contributed by atoms with Gasteiger partial charge in [0, 0.05) is 12.0 Å². The van der Waals surface area contributed by atoms with Gasteiger partial charge in [-0.2, -0.15) is 0 Å². The molecule has 0 aliphatic heterocycles. The Morgan fingerprint density at radius 1 is 0.971 bits per heavy atom. The molecule has 1 aliphatic rings. The average molecular weight is 464 g/mol. The summed E-state index contributed by atoms with van der Waals surface area (Å²) in [7, 11) is 1.44. The number of aryl methyl sites for hydroxylation is 1. The van der Waals surface area contributed by atoms with E-state index >= 15 is 0 Å². The first-order valence-corrected chi connectivity index (χ1v) is 12.5. The Bertz CT molecular complexity index is 1350. The smallest absolute Gasteiger partial charge is 0.337 e. The standard InChI is InChI=1S/C32H33NO2/c1-21-15-16-26(32(34)35-3)19-30(21)31-18-23(17-25-10-5-7-13-29(25)31)20-33-22(2)27-14-8-11-24-9-4-6-12-28(24)27/h4-16,19,22-23,31,33H,17-18,20H2,1-3H3. The Labute approximate surface area is 208 Å². The molecule has 0 spiro atoms. The van der Waals surface area contributed by atoms with Crippen molar-refractivity contribution in [1.82, 2.24) is 5.32 Å². The third kappa shape index (κ3) is 4.74. The maximum Gasteiger partial charge on any atom is 0.337 e. The van der Waals surface area contributed by atoms with Crippen LogP contribution in [0.3, 0.4) is 0 Å². The maximum atomic E-state index is 12.2. The Morgan fingerprint density at radius 2 is 1.74 bits per heavy atom. The van der Waals surface area contributed by atoms with E-state index in [9.17, 15) is 4.79 Å². The predicted octanol–water partition coefficient (Wildman–Crippen LogP) is 6.98. The minimum atomic E-state index is -0.280. The number of esters is 1. The fourth-order valence-electron chi connectivity index (χ4n) is 5.71. The fourth-order valence-corrected chi connectivity index (χ4v) is 5.71. The lowest BCUT2D eigenvalue weighted by atomic mass is 9.72. The number of ether oxygens (including phenoxy) is 1. The van der Waals surface area contributed by atoms with Crippen molar-refractivity contribution < 1.29 is 9.53 Å². The number of hydrogen-bond acceptors (Lipinski definition) is 3. The van der Waals surface area contributed by atoms with Crippen LogP contribution in [0, 0.1) is 12.8 Å². The lowest BCUT2D eigenvalue weighted by Gasteiger charge is -2.34. The van der Waals surface area contributed by atoms with Crippen molar-refractivity contribution in [3.05, 3.63) is 118 Å². The highest BCUT2D eigenvalue weighted by molar-refractivity contribution is 5.89. The van der Waals surface area contributed by atoms with Gasteiger partial charge in [0.2, 0.25) is 0 Å². The van der Waals surface area contributed by atoms with Crippen LogP contribution in [0.1, 0.15) is 63.5 Å². The van der Waals surface area contributed by atoms with Gasteiger partial charge in [-0.3, -0.25) is 0 Å². The van der Waals surface area contributed by atoms with E-state index < -0.39 is 0 Å². The molecule has 0 amide bonds. The van der Waals surface area contributed by atoms with Crippen LogP contribution in [0.15, 0.2) is 84.9 Å². The molecule has 0 heterocycles. The number of nitrogens with one attached hydrogen (secondary N) is 1. The molecule has 4 aromatic carbocycles. The van der Waals surface area contributed by atoms with Crippen molar-refractivity contribution in [3.8, 4) is 0 Å². The second-order valence-electron chi connectivity index (χ2n) is 9.82. The van der Waals surface area contributed by atoms with Crippen molar-refractivity contribution in [1.29, 1.82) is 0 Å². The second kappa shape index (κ2) is 10.1. The van der Waals surface area contributed by atoms with E-state index in [1.165, 1.54) is 45.7 Å². The number of hydrogen-bond donors (Lipinski definition) is 1. The highest BCUT2D eigenvalue weighted by Crippen LogP contribution is 2.41. The first-order chi connectivity index (χ1) is 17.0. The van der Waals surface area contributed by atoms with Crippen LogP contribution in [0.5, 0.6) is 0 Å². The topological polar surface area (TPSA) is 38.3 Å². The van der Waals surface area contributed by atoms with Crippen molar-refractivity contribution in [3.63, 3.8) is 0 Å². The first-order valence-electron chi connectivity index (χ1n) is 12.5. The van der Waals surface area contributed by atoms with E-state index in [2.05, 4.69) is 92.0 Å². The number of carbonyl (C=O) groups excluding carboxylic acids is 1. The molecule has 0 bridgehead atoms. The minimum absolute atomic E-state index is 0.265. The van der Waals surface area contributed by atoms with Gasteiger partial charge in [-0.15, -0.1) is 0 Å². The molecule has 1 aliphatic carbocycles. The summed E-state index contributed by atoms with van der Waals surface area (Å²) in [6, 6.07) is 30.2. The predicted molar refractivity (Wildman–Crippen MR) is 143 cm³/mol. The zero-order valence-corrected chi connectivity index (χ0v) is 20.8. The molecule has 4 aromatic rings. The van der Waals surface area contributed by atoms with Gasteiger partial charge in [-0.25, -0.2) is 4.79 Å². The molecule has 0 saturated heterocycles. The van der Waals surface area contributed by atoms with E-state index in [0.29, 0.717) is 11.5 Å². The highest BCUT2D eigenvalue weighted by Gasteiger charge is 2.29. The molecular weight excluding hydrogens is 430 g/mol. The van der Waals surface area contributed by atoms with E-state index in [4.69, 9.17) is 4.74 Å². The Balaban J connectivity index is 1.40. The van der Waals surface area contributed by atoms with Crippen molar-refractivity contribution >= 4 is 16.7 Å². The van der Waals surface area contributed by atoms with E-state index in [1.54, 1.807) is 0 Å². The summed E-state index contributed by atoms with van der Waals surface area (Å²) in [6.45, 7) is 5.36. The third-order valence-electron chi connectivity index (χ3n) is 7.59. The van der Waals surface area contributed by atoms with Gasteiger partial charge in [0.1, 0.15) is 0 Å². The maximum absolute atomic E-state index is 12.2. The summed E-state index contributed by atoms with van der Waals surface area (Å²) >= 11 is 0. The van der Waals surface area contributed by atoms with Gasteiger partial charge >= 0.3 is 5.97 Å². The number of carbonyl (C=O) groups is 1. The molecule has 3 nitrogen and oxygen atoms in total. The van der Waals surface area contributed by atoms with Gasteiger partial charge in [-0.1, -0.05) is 72.8 Å². The average Bonchev–Trinajstić information content (AvgIpc) is 2.90. The van der Waals surface area contributed by atoms with E-state index in [1.807, 2.05) is 12.1 Å². The molecule has 3 heteroatoms. The molecule has 0 aromatic heterocycles. The summed E-state index contributed by atoms with van der Waals surface area (Å²) < 4.78 is 5.00. The van der Waals surface area contributed by atoms with Crippen LogP contribution in [0.25, 0.3) is 10.8 Å². The van der Waals surface area contributed by atoms with Gasteiger partial charge < -0.3 is 10.1 Å². The van der Waals surface area contributed by atoms with Gasteiger partial charge in [0.05, 0.1) is 12.7 Å². The summed E-state index contributed by atoms with van der Waals surface area (Å²) in [4.78, 5) is 12.2. The molecule has 0 saturated carbocycles. The van der Waals surface area contributed by atoms with Crippen LogP contribution in [0.2, 0.25) is 0 Å². The quantitative estimate of drug-likeness (QED) is 0.314. The fraction of sp³-hybridized carbons (Fsp3) is 0.281. The van der Waals surface area contributed by atoms with Crippen LogP contribution < -0.4 is 5.32 Å². The van der Waals surface area contributed by atoms with E-state index in [-0.39, 0.29) is 17.9 Å². The Kier molecular flexibility index (Phi) is 6.70. The largest absolute Gasteiger partial charge is 0.465 e. The highest BCUT2D eigenvalue weighted by atomic mass is 16.5. The first kappa shape index (κ1) is 23.3. The zero-order valence-electron chi connectivity index (χ0n) is 20.8. The molecule has 3 unspecified atom stereocenters. The number of rotatable bonds is 6. The molecule has 5 rings (SSSR count). The molecule has 0 radical (unpaired) electrons. The summed E-state index contributed by atoms with van der Waals surface area (Å²) in [6.07, 6.45) is 2.12. The number of fused-ring (bicyclic) bond motifs is 2. The lowest BCUT2D eigenvalue weighted by Crippen LogP contribution is -2.31. The molecule has 3 atom stereocenters. The van der Waals surface area contributed by atoms with Gasteiger partial charge in [0.25, 0.3) is 0 Å². The van der Waals surface area contributed by atoms with Crippen molar-refractivity contribution in [2.24, 2.45) is 5.92 Å². The Morgan fingerprint density at radius 3 is 2.60 bits per heavy atom. The van der Waals surface area contributed by atoms with Gasteiger partial charge in [-0.05, 0) is 89.9 Å². The second-order valence-corrected chi connectivity index (χ2v) is 9.82. The molecule has 35 heavy (non-hydrogen) atoms. The Hall–Kier alpha value is -3.43. The van der Waals surface area contributed by atoms with Crippen molar-refractivity contribution in [2.75, 3.05) is 13.7 Å². The third-order valence-corrected chi connectivity index (χ3v) is 7.59. The zero-order chi connectivity index (χ0) is 24.4. The number of benzene rings is 4. The molecule has 1 N–H and O–H groups in total. The van der Waals surface area contributed by atoms with Gasteiger partial charge in [0.15, 0.2) is 0 Å². The normalized spacial score (nSPS) is 18.1. The van der Waals surface area contributed by atoms with Crippen LogP contribution >= 0.6 is 0 Å². The molecular formula is C32H33NO2. The SMILES string of the molecule is COC(=O)c1ccc(C)c(C2CC(CNC(C)c3cccc4ccccc34)Cc3ccccc32)c1. The minimum Gasteiger partial charge on any atom is -0.465 e. The molecule has 178 valence electrons. The summed E-state index contributed by atoms with van der Waals surface area (Å²) in [5, 5.41) is 6.44. The number of methoxy groups -OCH3 is 1. The molecule has 0 fully saturated rings. The summed E-state index contributed by atoms with van der Waals surface area (Å²) in [5.41, 5.74) is 7.21. The van der Waals surface area contributed by atoms with E-state index in [0.717, 1.165) is 19.4 Å². The monoisotopic (exact) mass is 463 g/mol. The van der Waals surface area contributed by atoms with Crippen LogP contribution in [-0.2, 0) is 11.2 Å². The van der Waals surface area contributed by atoms with Crippen LogP contribution in [0.4, 0.5) is 0 Å². The van der Waals surface area contributed by atoms with Crippen LogP contribution in [-0.4, -0.2) is 19.6 Å². The van der Waals surface area contributed by atoms with Crippen molar-refractivity contribution in [2.45, 2.75) is 38.6 Å². The summed E-state index contributed by atoms with van der Waals surface area (Å²) in [5.74, 6) is 0.496.